The number of hydrogen-bond acceptors (Lipinski definition) is 8. The highest BCUT2D eigenvalue weighted by atomic mass is 16.6. The van der Waals surface area contributed by atoms with Crippen LogP contribution in [-0.2, 0) is 19.1 Å². The molecule has 0 spiro atoms. The number of esters is 2. The van der Waals surface area contributed by atoms with E-state index in [1.807, 2.05) is 0 Å². The van der Waals surface area contributed by atoms with Crippen LogP contribution in [0.5, 0.6) is 0 Å². The van der Waals surface area contributed by atoms with Crippen molar-refractivity contribution in [1.29, 1.82) is 0 Å². The highest BCUT2D eigenvalue weighted by Crippen LogP contribution is 2.08. The summed E-state index contributed by atoms with van der Waals surface area (Å²) in [5.74, 6) is -2.61. The maximum atomic E-state index is 11.0. The van der Waals surface area contributed by atoms with Gasteiger partial charge in [-0.25, -0.2) is 9.59 Å². The zero-order valence-corrected chi connectivity index (χ0v) is 9.30. The summed E-state index contributed by atoms with van der Waals surface area (Å²) in [5, 5.41) is 37.1. The van der Waals surface area contributed by atoms with Crippen LogP contribution >= 0.6 is 0 Å². The van der Waals surface area contributed by atoms with Crippen molar-refractivity contribution in [2.24, 2.45) is 0 Å². The van der Waals surface area contributed by atoms with E-state index < -0.39 is 36.4 Å². The molecule has 0 heterocycles. The lowest BCUT2D eigenvalue weighted by molar-refractivity contribution is -0.173. The fraction of sp³-hybridized carbons (Fsp3) is 0.400. The first-order valence-corrected chi connectivity index (χ1v) is 4.71. The summed E-state index contributed by atoms with van der Waals surface area (Å²) in [4.78, 5) is 22.0. The summed E-state index contributed by atoms with van der Waals surface area (Å²) in [6.45, 7) is 6.08. The Bertz CT molecular complexity index is 294. The molecule has 0 bridgehead atoms. The van der Waals surface area contributed by atoms with Crippen molar-refractivity contribution >= 4 is 11.9 Å². The molecule has 8 heteroatoms. The lowest BCUT2D eigenvalue weighted by Gasteiger charge is -2.23. The molecule has 8 nitrogen and oxygen atoms in total. The number of rotatable bonds is 7. The monoisotopic (exact) mass is 262 g/mol. The molecule has 0 rings (SSSR count). The predicted octanol–water partition coefficient (Wildman–Crippen LogP) is -2.20. The maximum Gasteiger partial charge on any atom is 0.342 e. The number of hydrogen-bond donors (Lipinski definition) is 4. The van der Waals surface area contributed by atoms with E-state index in [0.717, 1.165) is 0 Å². The van der Waals surface area contributed by atoms with Crippen molar-refractivity contribution in [3.63, 3.8) is 0 Å². The summed E-state index contributed by atoms with van der Waals surface area (Å²) in [6.07, 6.45) is -7.22. The van der Waals surface area contributed by atoms with Crippen LogP contribution in [0.4, 0.5) is 0 Å². The maximum absolute atomic E-state index is 11.0. The largest absolute Gasteiger partial charge is 0.433 e. The molecule has 0 fully saturated rings. The first kappa shape index (κ1) is 16.3. The van der Waals surface area contributed by atoms with Crippen LogP contribution in [0.25, 0.3) is 0 Å². The van der Waals surface area contributed by atoms with E-state index in [9.17, 15) is 30.0 Å². The molecule has 0 aliphatic heterocycles. The fourth-order valence-electron chi connectivity index (χ4n) is 0.956. The van der Waals surface area contributed by atoms with Crippen LogP contribution < -0.4 is 0 Å². The van der Waals surface area contributed by atoms with E-state index >= 15 is 0 Å². The molecule has 0 saturated carbocycles. The Morgan fingerprint density at radius 3 is 1.33 bits per heavy atom. The number of ether oxygens (including phenoxy) is 2. The van der Waals surface area contributed by atoms with Crippen LogP contribution in [0.1, 0.15) is 0 Å². The summed E-state index contributed by atoms with van der Waals surface area (Å²) in [5.41, 5.74) is 0. The second-order valence-electron chi connectivity index (χ2n) is 3.08. The van der Waals surface area contributed by atoms with E-state index in [1.165, 1.54) is 0 Å². The summed E-state index contributed by atoms with van der Waals surface area (Å²) < 4.78 is 8.31. The molecular formula is C10H14O8. The first-order chi connectivity index (χ1) is 8.36. The van der Waals surface area contributed by atoms with Crippen LogP contribution in [0.15, 0.2) is 25.7 Å². The SMILES string of the molecule is C=COC(=O)[C@@H](O)[C@H](O)[C@H](O)[C@@H](O)C(=O)OC=C. The van der Waals surface area contributed by atoms with Gasteiger partial charge in [-0.1, -0.05) is 13.2 Å². The third kappa shape index (κ3) is 4.26. The predicted molar refractivity (Wildman–Crippen MR) is 56.6 cm³/mol. The van der Waals surface area contributed by atoms with Gasteiger partial charge in [-0.15, -0.1) is 0 Å². The lowest BCUT2D eigenvalue weighted by Crippen LogP contribution is -2.50. The van der Waals surface area contributed by atoms with Gasteiger partial charge in [0, 0.05) is 0 Å². The molecule has 0 unspecified atom stereocenters. The zero-order chi connectivity index (χ0) is 14.3. The minimum absolute atomic E-state index is 0.701. The molecule has 4 N–H and O–H groups in total. The summed E-state index contributed by atoms with van der Waals surface area (Å²) >= 11 is 0. The molecule has 0 saturated heterocycles. The smallest absolute Gasteiger partial charge is 0.342 e. The van der Waals surface area contributed by atoms with E-state index in [0.29, 0.717) is 12.5 Å². The Hall–Kier alpha value is -1.74. The normalized spacial score (nSPS) is 16.9. The second kappa shape index (κ2) is 7.56. The van der Waals surface area contributed by atoms with Gasteiger partial charge >= 0.3 is 11.9 Å². The molecule has 0 amide bonds. The van der Waals surface area contributed by atoms with Crippen molar-refractivity contribution < 1.29 is 39.5 Å². The number of aliphatic hydroxyl groups excluding tert-OH is 4. The van der Waals surface area contributed by atoms with E-state index in [-0.39, 0.29) is 0 Å². The van der Waals surface area contributed by atoms with Crippen molar-refractivity contribution in [3.05, 3.63) is 25.7 Å². The van der Waals surface area contributed by atoms with Gasteiger partial charge in [-0.05, 0) is 0 Å². The van der Waals surface area contributed by atoms with Crippen molar-refractivity contribution in [2.45, 2.75) is 24.4 Å². The highest BCUT2D eigenvalue weighted by molar-refractivity contribution is 5.77. The third-order valence-electron chi connectivity index (χ3n) is 1.88. The fourth-order valence-corrected chi connectivity index (χ4v) is 0.956. The minimum Gasteiger partial charge on any atom is -0.433 e. The molecule has 0 aliphatic carbocycles. The van der Waals surface area contributed by atoms with Crippen molar-refractivity contribution in [1.82, 2.24) is 0 Å². The van der Waals surface area contributed by atoms with E-state index in [1.54, 1.807) is 0 Å². The molecular weight excluding hydrogens is 248 g/mol. The molecule has 0 radical (unpaired) electrons. The van der Waals surface area contributed by atoms with E-state index in [4.69, 9.17) is 0 Å². The summed E-state index contributed by atoms with van der Waals surface area (Å²) in [6, 6.07) is 0. The first-order valence-electron chi connectivity index (χ1n) is 4.71. The van der Waals surface area contributed by atoms with Gasteiger partial charge < -0.3 is 29.9 Å². The molecule has 0 aliphatic rings. The minimum atomic E-state index is -2.16. The summed E-state index contributed by atoms with van der Waals surface area (Å²) in [7, 11) is 0. The average Bonchev–Trinajstić information content (AvgIpc) is 2.35. The standard InChI is InChI=1S/C10H14O8/c1-3-17-9(15)7(13)5(11)6(12)8(14)10(16)18-4-2/h3-8,11-14H,1-2H2/t5-,6+,7+,8-. The lowest BCUT2D eigenvalue weighted by atomic mass is 10.0. The Balaban J connectivity index is 4.61. The Morgan fingerprint density at radius 2 is 1.11 bits per heavy atom. The number of carbonyl (C=O) groups is 2. The molecule has 0 aromatic carbocycles. The van der Waals surface area contributed by atoms with Gasteiger partial charge in [0.25, 0.3) is 0 Å². The molecule has 0 aromatic rings. The topological polar surface area (TPSA) is 134 Å². The quantitative estimate of drug-likeness (QED) is 0.300. The van der Waals surface area contributed by atoms with E-state index in [2.05, 4.69) is 22.6 Å². The van der Waals surface area contributed by atoms with Gasteiger partial charge in [0.1, 0.15) is 12.2 Å². The molecule has 0 aromatic heterocycles. The van der Waals surface area contributed by atoms with Crippen molar-refractivity contribution in [3.8, 4) is 0 Å². The Morgan fingerprint density at radius 1 is 0.833 bits per heavy atom. The van der Waals surface area contributed by atoms with Crippen LogP contribution in [0.2, 0.25) is 0 Å². The third-order valence-corrected chi connectivity index (χ3v) is 1.88. The van der Waals surface area contributed by atoms with Gasteiger partial charge in [0.05, 0.1) is 12.5 Å². The van der Waals surface area contributed by atoms with Crippen LogP contribution in [-0.4, -0.2) is 56.8 Å². The molecule has 4 atom stereocenters. The van der Waals surface area contributed by atoms with Gasteiger partial charge in [0.15, 0.2) is 12.2 Å². The molecule has 18 heavy (non-hydrogen) atoms. The van der Waals surface area contributed by atoms with Crippen LogP contribution in [0, 0.1) is 0 Å². The van der Waals surface area contributed by atoms with Crippen LogP contribution in [0.3, 0.4) is 0 Å². The second-order valence-corrected chi connectivity index (χ2v) is 3.08. The average molecular weight is 262 g/mol. The molecule has 102 valence electrons. The van der Waals surface area contributed by atoms with Gasteiger partial charge in [-0.2, -0.15) is 0 Å². The van der Waals surface area contributed by atoms with Gasteiger partial charge in [-0.3, -0.25) is 0 Å². The number of carbonyl (C=O) groups excluding carboxylic acids is 2. The number of aliphatic hydroxyl groups is 4. The Labute approximate surface area is 102 Å². The Kier molecular flexibility index (Phi) is 6.83. The van der Waals surface area contributed by atoms with Gasteiger partial charge in [0.2, 0.25) is 0 Å². The van der Waals surface area contributed by atoms with Crippen molar-refractivity contribution in [2.75, 3.05) is 0 Å². The zero-order valence-electron chi connectivity index (χ0n) is 9.30. The highest BCUT2D eigenvalue weighted by Gasteiger charge is 2.38.